The second-order valence-electron chi connectivity index (χ2n) is 6.75. The van der Waals surface area contributed by atoms with Gasteiger partial charge in [-0.25, -0.2) is 0 Å². The highest BCUT2D eigenvalue weighted by Crippen LogP contribution is 2.29. The molecular weight excluding hydrogens is 356 g/mol. The number of nitro groups is 1. The van der Waals surface area contributed by atoms with Crippen LogP contribution < -0.4 is 5.32 Å². The number of hydrogen-bond donors (Lipinski definition) is 1. The van der Waals surface area contributed by atoms with Crippen molar-refractivity contribution in [3.8, 4) is 0 Å². The van der Waals surface area contributed by atoms with Gasteiger partial charge in [-0.05, 0) is 28.0 Å². The van der Waals surface area contributed by atoms with Gasteiger partial charge in [0, 0.05) is 19.9 Å². The molecule has 0 unspecified atom stereocenters. The Labute approximate surface area is 163 Å². The third-order valence-electron chi connectivity index (χ3n) is 4.82. The van der Waals surface area contributed by atoms with Gasteiger partial charge in [0.05, 0.1) is 5.54 Å². The summed E-state index contributed by atoms with van der Waals surface area (Å²) in [7, 11) is 0. The molecule has 7 heteroatoms. The van der Waals surface area contributed by atoms with Gasteiger partial charge in [-0.2, -0.15) is 0 Å². The zero-order valence-electron chi connectivity index (χ0n) is 15.8. The number of nitrogens with one attached hydrogen (secondary N) is 1. The average Bonchev–Trinajstić information content (AvgIpc) is 3.09. The summed E-state index contributed by atoms with van der Waals surface area (Å²) in [5.41, 5.74) is 1.27. The molecule has 0 bridgehead atoms. The Balaban J connectivity index is 1.78. The lowest BCUT2D eigenvalue weighted by molar-refractivity contribution is -0.389. The van der Waals surface area contributed by atoms with Gasteiger partial charge in [0.1, 0.15) is 6.20 Å². The van der Waals surface area contributed by atoms with E-state index in [1.807, 2.05) is 67.6 Å². The fourth-order valence-corrected chi connectivity index (χ4v) is 3.22. The quantitative estimate of drug-likeness (QED) is 0.503. The molecule has 144 valence electrons. The highest BCUT2D eigenvalue weighted by atomic mass is 16.6. The highest BCUT2D eigenvalue weighted by Gasteiger charge is 2.30. The molecule has 0 saturated heterocycles. The number of amides is 1. The van der Waals surface area contributed by atoms with Crippen molar-refractivity contribution in [1.29, 1.82) is 0 Å². The van der Waals surface area contributed by atoms with Gasteiger partial charge in [-0.1, -0.05) is 60.7 Å². The summed E-state index contributed by atoms with van der Waals surface area (Å²) in [5, 5.41) is 14.0. The number of aryl methyl sites for hydroxylation is 2. The van der Waals surface area contributed by atoms with E-state index < -0.39 is 10.5 Å². The van der Waals surface area contributed by atoms with E-state index in [0.717, 1.165) is 11.1 Å². The van der Waals surface area contributed by atoms with Crippen LogP contribution in [0.1, 0.15) is 30.3 Å². The van der Waals surface area contributed by atoms with Crippen LogP contribution in [0.25, 0.3) is 0 Å². The predicted octanol–water partition coefficient (Wildman–Crippen LogP) is 3.57. The van der Waals surface area contributed by atoms with Gasteiger partial charge in [0.2, 0.25) is 11.7 Å². The van der Waals surface area contributed by atoms with Crippen LogP contribution in [0, 0.1) is 17.0 Å². The molecule has 1 N–H and O–H groups in total. The Morgan fingerprint density at radius 1 is 1.11 bits per heavy atom. The molecule has 28 heavy (non-hydrogen) atoms. The third kappa shape index (κ3) is 4.09. The van der Waals surface area contributed by atoms with Crippen molar-refractivity contribution in [3.63, 3.8) is 0 Å². The lowest BCUT2D eigenvalue weighted by Gasteiger charge is -2.32. The van der Waals surface area contributed by atoms with Crippen molar-refractivity contribution in [1.82, 2.24) is 14.9 Å². The first-order chi connectivity index (χ1) is 13.4. The van der Waals surface area contributed by atoms with Crippen molar-refractivity contribution >= 4 is 11.7 Å². The molecule has 3 rings (SSSR count). The van der Waals surface area contributed by atoms with Crippen molar-refractivity contribution in [2.75, 3.05) is 0 Å². The number of carbonyl (C=O) groups is 1. The Bertz CT molecular complexity index is 928. The molecule has 0 aliphatic heterocycles. The number of imidazole rings is 1. The lowest BCUT2D eigenvalue weighted by atomic mass is 9.84. The van der Waals surface area contributed by atoms with Crippen LogP contribution in [-0.2, 0) is 16.9 Å². The fraction of sp³-hybridized carbons (Fsp3) is 0.238. The van der Waals surface area contributed by atoms with Crippen molar-refractivity contribution in [2.24, 2.45) is 0 Å². The van der Waals surface area contributed by atoms with Gasteiger partial charge < -0.3 is 20.0 Å². The Morgan fingerprint density at radius 2 is 1.64 bits per heavy atom. The first kappa shape index (κ1) is 19.3. The van der Waals surface area contributed by atoms with Crippen LogP contribution >= 0.6 is 0 Å². The third-order valence-corrected chi connectivity index (χ3v) is 4.82. The van der Waals surface area contributed by atoms with Crippen molar-refractivity contribution in [2.45, 2.75) is 32.4 Å². The Hall–Kier alpha value is -3.48. The molecule has 2 aromatic carbocycles. The van der Waals surface area contributed by atoms with Crippen LogP contribution in [-0.4, -0.2) is 20.4 Å². The van der Waals surface area contributed by atoms with Gasteiger partial charge in [-0.3, -0.25) is 4.79 Å². The molecule has 0 atom stereocenters. The topological polar surface area (TPSA) is 90.1 Å². The zero-order chi connectivity index (χ0) is 20.1. The largest absolute Gasteiger partial charge is 0.381 e. The van der Waals surface area contributed by atoms with E-state index in [-0.39, 0.29) is 18.1 Å². The molecular formula is C21H22N4O3. The van der Waals surface area contributed by atoms with Crippen LogP contribution in [0.4, 0.5) is 5.82 Å². The smallest absolute Gasteiger partial charge is 0.358 e. The standard InChI is InChI=1S/C21H22N4O3/c1-16-22-19(25(27)28)15-24(16)14-13-20(26)23-21(2,17-9-5-3-6-10-17)18-11-7-4-8-12-18/h3-12,15H,13-14H2,1-2H3,(H,23,26). The van der Waals surface area contributed by atoms with E-state index in [1.54, 1.807) is 11.5 Å². The predicted molar refractivity (Wildman–Crippen MR) is 106 cm³/mol. The lowest BCUT2D eigenvalue weighted by Crippen LogP contribution is -2.44. The van der Waals surface area contributed by atoms with Crippen LogP contribution in [0.15, 0.2) is 66.9 Å². The molecule has 0 aliphatic carbocycles. The number of nitrogens with zero attached hydrogens (tertiary/aromatic N) is 3. The number of carbonyl (C=O) groups excluding carboxylic acids is 1. The van der Waals surface area contributed by atoms with Gasteiger partial charge in [0.15, 0.2) is 0 Å². The maximum absolute atomic E-state index is 12.8. The molecule has 0 saturated carbocycles. The minimum Gasteiger partial charge on any atom is -0.358 e. The number of aromatic nitrogens is 2. The van der Waals surface area contributed by atoms with Gasteiger partial charge in [0.25, 0.3) is 0 Å². The SMILES string of the molecule is Cc1nc([N+](=O)[O-])cn1CCC(=O)NC(C)(c1ccccc1)c1ccccc1. The van der Waals surface area contributed by atoms with E-state index in [9.17, 15) is 14.9 Å². The maximum atomic E-state index is 12.8. The zero-order valence-corrected chi connectivity index (χ0v) is 15.8. The van der Waals surface area contributed by atoms with E-state index in [2.05, 4.69) is 10.3 Å². The molecule has 3 aromatic rings. The summed E-state index contributed by atoms with van der Waals surface area (Å²) in [4.78, 5) is 27.0. The summed E-state index contributed by atoms with van der Waals surface area (Å²) in [6.45, 7) is 3.98. The van der Waals surface area contributed by atoms with E-state index in [4.69, 9.17) is 0 Å². The van der Waals surface area contributed by atoms with Crippen LogP contribution in [0.5, 0.6) is 0 Å². The number of benzene rings is 2. The second kappa shape index (κ2) is 8.04. The summed E-state index contributed by atoms with van der Waals surface area (Å²) >= 11 is 0. The molecule has 1 heterocycles. The van der Waals surface area contributed by atoms with E-state index in [1.165, 1.54) is 6.20 Å². The summed E-state index contributed by atoms with van der Waals surface area (Å²) in [6, 6.07) is 19.6. The molecule has 1 amide bonds. The minimum atomic E-state index is -0.685. The number of rotatable bonds is 7. The first-order valence-electron chi connectivity index (χ1n) is 9.00. The first-order valence-corrected chi connectivity index (χ1v) is 9.00. The van der Waals surface area contributed by atoms with Crippen LogP contribution in [0.2, 0.25) is 0 Å². The summed E-state index contributed by atoms with van der Waals surface area (Å²) in [6.07, 6.45) is 1.54. The molecule has 0 fully saturated rings. The average molecular weight is 378 g/mol. The number of hydrogen-bond acceptors (Lipinski definition) is 4. The fourth-order valence-electron chi connectivity index (χ4n) is 3.22. The second-order valence-corrected chi connectivity index (χ2v) is 6.75. The summed E-state index contributed by atoms with van der Waals surface area (Å²) in [5.74, 6) is 0.149. The molecule has 0 spiro atoms. The summed E-state index contributed by atoms with van der Waals surface area (Å²) < 4.78 is 1.63. The minimum absolute atomic E-state index is 0.147. The van der Waals surface area contributed by atoms with Crippen molar-refractivity contribution in [3.05, 3.63) is 93.9 Å². The van der Waals surface area contributed by atoms with Gasteiger partial charge >= 0.3 is 5.82 Å². The molecule has 0 radical (unpaired) electrons. The molecule has 0 aliphatic rings. The van der Waals surface area contributed by atoms with E-state index in [0.29, 0.717) is 12.4 Å². The normalized spacial score (nSPS) is 11.2. The maximum Gasteiger partial charge on any atom is 0.381 e. The monoisotopic (exact) mass is 378 g/mol. The van der Waals surface area contributed by atoms with Crippen molar-refractivity contribution < 1.29 is 9.72 Å². The van der Waals surface area contributed by atoms with Gasteiger partial charge in [-0.15, -0.1) is 0 Å². The Kier molecular flexibility index (Phi) is 5.54. The molecule has 1 aromatic heterocycles. The highest BCUT2D eigenvalue weighted by molar-refractivity contribution is 5.77. The van der Waals surface area contributed by atoms with E-state index >= 15 is 0 Å². The molecule has 7 nitrogen and oxygen atoms in total. The Morgan fingerprint density at radius 3 is 2.11 bits per heavy atom. The van der Waals surface area contributed by atoms with Crippen LogP contribution in [0.3, 0.4) is 0 Å².